The summed E-state index contributed by atoms with van der Waals surface area (Å²) in [6.07, 6.45) is 3.23. The molecule has 1 atom stereocenters. The van der Waals surface area contributed by atoms with Gasteiger partial charge in [0.05, 0.1) is 0 Å². The Morgan fingerprint density at radius 2 is 1.83 bits per heavy atom. The monoisotopic (exact) mass is 255 g/mol. The number of carbonyl (C=O) groups excluding carboxylic acids is 1. The zero-order chi connectivity index (χ0) is 14.0. The predicted octanol–water partition coefficient (Wildman–Crippen LogP) is 1.54. The number of nitrogens with one attached hydrogen (secondary N) is 2. The van der Waals surface area contributed by atoms with Crippen LogP contribution < -0.4 is 16.4 Å². The molecule has 0 aromatic carbocycles. The summed E-state index contributed by atoms with van der Waals surface area (Å²) in [5.41, 5.74) is 5.81. The predicted molar refractivity (Wildman–Crippen MR) is 75.3 cm³/mol. The Morgan fingerprint density at radius 1 is 1.33 bits per heavy atom. The van der Waals surface area contributed by atoms with Crippen molar-refractivity contribution in [2.75, 3.05) is 0 Å². The average molecular weight is 255 g/mol. The summed E-state index contributed by atoms with van der Waals surface area (Å²) in [7, 11) is 0. The molecule has 1 fully saturated rings. The van der Waals surface area contributed by atoms with E-state index in [1.807, 2.05) is 6.92 Å². The van der Waals surface area contributed by atoms with E-state index in [2.05, 4.69) is 38.3 Å². The molecule has 4 N–H and O–H groups in total. The lowest BCUT2D eigenvalue weighted by Crippen LogP contribution is -2.62. The molecule has 1 aliphatic rings. The highest BCUT2D eigenvalue weighted by Crippen LogP contribution is 2.28. The number of hydrogen-bond acceptors (Lipinski definition) is 3. The molecule has 0 aliphatic carbocycles. The highest BCUT2D eigenvalue weighted by molar-refractivity contribution is 5.76. The van der Waals surface area contributed by atoms with Gasteiger partial charge in [0.1, 0.15) is 0 Å². The summed E-state index contributed by atoms with van der Waals surface area (Å²) in [4.78, 5) is 11.9. The van der Waals surface area contributed by atoms with Crippen LogP contribution in [0.25, 0.3) is 0 Å². The van der Waals surface area contributed by atoms with Crippen LogP contribution in [0.4, 0.5) is 0 Å². The van der Waals surface area contributed by atoms with E-state index >= 15 is 0 Å². The van der Waals surface area contributed by atoms with Crippen LogP contribution in [-0.4, -0.2) is 29.1 Å². The molecule has 0 saturated carbocycles. The van der Waals surface area contributed by atoms with Crippen molar-refractivity contribution in [2.45, 2.75) is 83.5 Å². The highest BCUT2D eigenvalue weighted by atomic mass is 16.1. The third-order valence-electron chi connectivity index (χ3n) is 3.38. The van der Waals surface area contributed by atoms with Gasteiger partial charge in [0.15, 0.2) is 0 Å². The minimum absolute atomic E-state index is 0.0703. The van der Waals surface area contributed by atoms with Gasteiger partial charge >= 0.3 is 0 Å². The standard InChI is InChI=1S/C14H29N3O/c1-10(15)6-7-12(18)16-11-8-13(2,3)17-14(4,5)9-11/h10-11,17H,6-9,15H2,1-5H3,(H,16,18). The second-order valence-corrected chi connectivity index (χ2v) is 7.08. The Bertz CT molecular complexity index is 281. The molecule has 1 saturated heterocycles. The van der Waals surface area contributed by atoms with E-state index < -0.39 is 0 Å². The summed E-state index contributed by atoms with van der Waals surface area (Å²) in [5.74, 6) is 0.130. The number of nitrogens with two attached hydrogens (primary N) is 1. The van der Waals surface area contributed by atoms with Crippen LogP contribution in [0.5, 0.6) is 0 Å². The molecule has 0 bridgehead atoms. The maximum atomic E-state index is 11.9. The van der Waals surface area contributed by atoms with Crippen molar-refractivity contribution in [3.05, 3.63) is 0 Å². The van der Waals surface area contributed by atoms with Crippen LogP contribution in [0.2, 0.25) is 0 Å². The van der Waals surface area contributed by atoms with E-state index in [0.29, 0.717) is 6.42 Å². The SMILES string of the molecule is CC(N)CCC(=O)NC1CC(C)(C)NC(C)(C)C1. The first kappa shape index (κ1) is 15.4. The molecule has 1 aliphatic heterocycles. The van der Waals surface area contributed by atoms with E-state index in [9.17, 15) is 4.79 Å². The molecular weight excluding hydrogens is 226 g/mol. The van der Waals surface area contributed by atoms with Crippen LogP contribution in [0.15, 0.2) is 0 Å². The van der Waals surface area contributed by atoms with Crippen molar-refractivity contribution in [1.82, 2.24) is 10.6 Å². The van der Waals surface area contributed by atoms with Gasteiger partial charge in [-0.25, -0.2) is 0 Å². The van der Waals surface area contributed by atoms with Crippen molar-refractivity contribution in [3.63, 3.8) is 0 Å². The molecule has 18 heavy (non-hydrogen) atoms. The molecule has 4 heteroatoms. The second kappa shape index (κ2) is 5.57. The first-order chi connectivity index (χ1) is 8.10. The van der Waals surface area contributed by atoms with Crippen LogP contribution in [-0.2, 0) is 4.79 Å². The second-order valence-electron chi connectivity index (χ2n) is 7.08. The molecule has 4 nitrogen and oxygen atoms in total. The molecular formula is C14H29N3O. The molecule has 1 amide bonds. The van der Waals surface area contributed by atoms with Crippen LogP contribution in [0, 0.1) is 0 Å². The zero-order valence-electron chi connectivity index (χ0n) is 12.5. The molecule has 1 unspecified atom stereocenters. The molecule has 0 aromatic rings. The first-order valence-corrected chi connectivity index (χ1v) is 6.94. The molecule has 0 aromatic heterocycles. The van der Waals surface area contributed by atoms with Gasteiger partial charge in [0, 0.05) is 29.6 Å². The Hall–Kier alpha value is -0.610. The molecule has 0 radical (unpaired) electrons. The smallest absolute Gasteiger partial charge is 0.220 e. The topological polar surface area (TPSA) is 67.2 Å². The van der Waals surface area contributed by atoms with E-state index in [-0.39, 0.29) is 29.1 Å². The number of carbonyl (C=O) groups is 1. The fraction of sp³-hybridized carbons (Fsp3) is 0.929. The molecule has 1 heterocycles. The number of amides is 1. The molecule has 0 spiro atoms. The highest BCUT2D eigenvalue weighted by Gasteiger charge is 2.37. The van der Waals surface area contributed by atoms with Gasteiger partial charge in [-0.05, 0) is 53.9 Å². The summed E-state index contributed by atoms with van der Waals surface area (Å²) in [6.45, 7) is 10.7. The Morgan fingerprint density at radius 3 is 2.28 bits per heavy atom. The zero-order valence-corrected chi connectivity index (χ0v) is 12.5. The van der Waals surface area contributed by atoms with E-state index in [0.717, 1.165) is 19.3 Å². The van der Waals surface area contributed by atoms with E-state index in [1.54, 1.807) is 0 Å². The van der Waals surface area contributed by atoms with Gasteiger partial charge in [0.25, 0.3) is 0 Å². The van der Waals surface area contributed by atoms with Gasteiger partial charge in [0.2, 0.25) is 5.91 Å². The van der Waals surface area contributed by atoms with E-state index in [4.69, 9.17) is 5.73 Å². The van der Waals surface area contributed by atoms with Crippen molar-refractivity contribution >= 4 is 5.91 Å². The van der Waals surface area contributed by atoms with E-state index in [1.165, 1.54) is 0 Å². The summed E-state index contributed by atoms with van der Waals surface area (Å²) in [5, 5.41) is 6.77. The largest absolute Gasteiger partial charge is 0.353 e. The van der Waals surface area contributed by atoms with Gasteiger partial charge in [-0.15, -0.1) is 0 Å². The lowest BCUT2D eigenvalue weighted by Gasteiger charge is -2.46. The Kier molecular flexibility index (Phi) is 4.78. The first-order valence-electron chi connectivity index (χ1n) is 6.94. The quantitative estimate of drug-likeness (QED) is 0.714. The third-order valence-corrected chi connectivity index (χ3v) is 3.38. The summed E-state index contributed by atoms with van der Waals surface area (Å²) >= 11 is 0. The van der Waals surface area contributed by atoms with Gasteiger partial charge < -0.3 is 16.4 Å². The summed E-state index contributed by atoms with van der Waals surface area (Å²) < 4.78 is 0. The fourth-order valence-electron chi connectivity index (χ4n) is 3.08. The van der Waals surface area contributed by atoms with Crippen molar-refractivity contribution in [3.8, 4) is 0 Å². The maximum Gasteiger partial charge on any atom is 0.220 e. The average Bonchev–Trinajstić information content (AvgIpc) is 2.09. The minimum atomic E-state index is 0.0703. The Labute approximate surface area is 111 Å². The van der Waals surface area contributed by atoms with Crippen molar-refractivity contribution in [1.29, 1.82) is 0 Å². The number of rotatable bonds is 4. The fourth-order valence-corrected chi connectivity index (χ4v) is 3.08. The molecule has 106 valence electrons. The maximum absolute atomic E-state index is 11.9. The third kappa shape index (κ3) is 5.36. The van der Waals surface area contributed by atoms with Gasteiger partial charge in [-0.1, -0.05) is 0 Å². The Balaban J connectivity index is 2.49. The van der Waals surface area contributed by atoms with Crippen LogP contribution in [0.1, 0.15) is 60.3 Å². The normalized spacial score (nSPS) is 24.6. The number of piperidine rings is 1. The summed E-state index contributed by atoms with van der Waals surface area (Å²) in [6, 6.07) is 0.355. The van der Waals surface area contributed by atoms with Crippen LogP contribution >= 0.6 is 0 Å². The number of hydrogen-bond donors (Lipinski definition) is 3. The van der Waals surface area contributed by atoms with Gasteiger partial charge in [-0.3, -0.25) is 4.79 Å². The van der Waals surface area contributed by atoms with Crippen molar-refractivity contribution < 1.29 is 4.79 Å². The lowest BCUT2D eigenvalue weighted by molar-refractivity contribution is -0.122. The minimum Gasteiger partial charge on any atom is -0.353 e. The van der Waals surface area contributed by atoms with Crippen molar-refractivity contribution in [2.24, 2.45) is 5.73 Å². The lowest BCUT2D eigenvalue weighted by atomic mass is 9.79. The molecule has 1 rings (SSSR count). The van der Waals surface area contributed by atoms with Crippen LogP contribution in [0.3, 0.4) is 0 Å². The van der Waals surface area contributed by atoms with Gasteiger partial charge in [-0.2, -0.15) is 0 Å².